The lowest BCUT2D eigenvalue weighted by molar-refractivity contribution is -0.141. The van der Waals surface area contributed by atoms with Crippen molar-refractivity contribution in [1.82, 2.24) is 25.2 Å². The summed E-state index contributed by atoms with van der Waals surface area (Å²) in [6, 6.07) is 2.32. The Bertz CT molecular complexity index is 2020. The van der Waals surface area contributed by atoms with Gasteiger partial charge in [-0.1, -0.05) is 38.8 Å². The minimum atomic E-state index is -4.00. The van der Waals surface area contributed by atoms with Gasteiger partial charge >= 0.3 is 6.09 Å². The molecule has 13 nitrogen and oxygen atoms in total. The number of aryl methyl sites for hydroxylation is 2. The van der Waals surface area contributed by atoms with Crippen molar-refractivity contribution in [1.29, 1.82) is 0 Å². The van der Waals surface area contributed by atoms with Gasteiger partial charge in [0.2, 0.25) is 21.8 Å². The summed E-state index contributed by atoms with van der Waals surface area (Å²) in [5.74, 6) is -2.13. The molecule has 54 heavy (non-hydrogen) atoms. The van der Waals surface area contributed by atoms with Gasteiger partial charge in [-0.15, -0.1) is 0 Å². The number of allylic oxidation sites excluding steroid dienone is 1. The Morgan fingerprint density at radius 3 is 2.67 bits per heavy atom. The van der Waals surface area contributed by atoms with Crippen LogP contribution in [0.2, 0.25) is 0 Å². The first-order chi connectivity index (χ1) is 25.6. The number of hydrogen-bond acceptors (Lipinski definition) is 9. The lowest BCUT2D eigenvalue weighted by atomic mass is 9.87. The summed E-state index contributed by atoms with van der Waals surface area (Å²) >= 11 is 0. The number of rotatable bonds is 6. The molecule has 1 saturated heterocycles. The van der Waals surface area contributed by atoms with E-state index in [2.05, 4.69) is 20.3 Å². The van der Waals surface area contributed by atoms with Crippen LogP contribution in [0.4, 0.5) is 9.18 Å². The fourth-order valence-electron chi connectivity index (χ4n) is 8.09. The number of ether oxygens (including phenoxy) is 2. The average molecular weight is 768 g/mol. The van der Waals surface area contributed by atoms with Gasteiger partial charge in [-0.2, -0.15) is 0 Å². The number of nitrogens with zero attached hydrogens (tertiary/aromatic N) is 2. The fourth-order valence-corrected chi connectivity index (χ4v) is 9.41. The minimum absolute atomic E-state index is 0.0126. The van der Waals surface area contributed by atoms with Crippen molar-refractivity contribution in [3.8, 4) is 5.75 Å². The molecule has 2 aromatic rings. The van der Waals surface area contributed by atoms with Crippen LogP contribution in [0, 0.1) is 24.6 Å². The number of carbonyl (C=O) groups is 4. The quantitative estimate of drug-likeness (QED) is 0.358. The number of hydrogen-bond donors (Lipinski definition) is 3. The van der Waals surface area contributed by atoms with E-state index in [1.54, 1.807) is 19.9 Å². The van der Waals surface area contributed by atoms with Crippen molar-refractivity contribution in [2.45, 2.75) is 126 Å². The highest BCUT2D eigenvalue weighted by atomic mass is 32.2. The number of halogens is 1. The van der Waals surface area contributed by atoms with Crippen LogP contribution >= 0.6 is 0 Å². The number of fused-ring (bicyclic) bond motifs is 5. The smallest absolute Gasteiger partial charge is 0.407 e. The van der Waals surface area contributed by atoms with Gasteiger partial charge in [-0.25, -0.2) is 22.6 Å². The Morgan fingerprint density at radius 2 is 1.93 bits per heavy atom. The maximum absolute atomic E-state index is 14.6. The van der Waals surface area contributed by atoms with E-state index >= 15 is 0 Å². The van der Waals surface area contributed by atoms with Gasteiger partial charge in [0.15, 0.2) is 0 Å². The molecule has 1 aromatic heterocycles. The summed E-state index contributed by atoms with van der Waals surface area (Å²) in [5, 5.41) is 6.44. The molecule has 0 bridgehead atoms. The number of pyridine rings is 1. The largest absolute Gasteiger partial charge is 0.483 e. The highest BCUT2D eigenvalue weighted by molar-refractivity contribution is 7.91. The van der Waals surface area contributed by atoms with Gasteiger partial charge in [-0.3, -0.25) is 19.1 Å². The van der Waals surface area contributed by atoms with Crippen LogP contribution in [0.3, 0.4) is 0 Å². The van der Waals surface area contributed by atoms with Crippen LogP contribution < -0.4 is 20.1 Å². The van der Waals surface area contributed by atoms with E-state index < -0.39 is 73.5 Å². The molecule has 0 radical (unpaired) electrons. The maximum atomic E-state index is 14.6. The van der Waals surface area contributed by atoms with Gasteiger partial charge in [0.1, 0.15) is 34.8 Å². The monoisotopic (exact) mass is 767 g/mol. The first-order valence-corrected chi connectivity index (χ1v) is 20.6. The number of nitrogens with one attached hydrogen (secondary N) is 3. The van der Waals surface area contributed by atoms with E-state index in [1.807, 2.05) is 26.0 Å². The van der Waals surface area contributed by atoms with E-state index in [-0.39, 0.29) is 31.9 Å². The molecule has 4 amide bonds. The van der Waals surface area contributed by atoms with Gasteiger partial charge < -0.3 is 25.0 Å². The summed E-state index contributed by atoms with van der Waals surface area (Å²) in [7, 11) is -4.00. The molecule has 0 unspecified atom stereocenters. The number of amides is 4. The third kappa shape index (κ3) is 7.27. The molecule has 7 rings (SSSR count). The zero-order valence-electron chi connectivity index (χ0n) is 31.3. The molecule has 1 spiro atoms. The van der Waals surface area contributed by atoms with Crippen molar-refractivity contribution in [2.75, 3.05) is 13.2 Å². The Hall–Kier alpha value is -4.27. The molecule has 4 heterocycles. The van der Waals surface area contributed by atoms with Gasteiger partial charge in [0.05, 0.1) is 29.1 Å². The first kappa shape index (κ1) is 38.0. The summed E-state index contributed by atoms with van der Waals surface area (Å²) in [4.78, 5) is 62.1. The molecule has 3 fully saturated rings. The van der Waals surface area contributed by atoms with Crippen molar-refractivity contribution in [3.63, 3.8) is 0 Å². The van der Waals surface area contributed by atoms with E-state index in [1.165, 1.54) is 17.0 Å². The van der Waals surface area contributed by atoms with Crippen molar-refractivity contribution in [3.05, 3.63) is 47.4 Å². The second-order valence-corrected chi connectivity index (χ2v) is 18.7. The Labute approximate surface area is 315 Å². The molecule has 5 aliphatic rings. The zero-order chi connectivity index (χ0) is 38.6. The third-order valence-electron chi connectivity index (χ3n) is 11.8. The van der Waals surface area contributed by atoms with Crippen molar-refractivity contribution in [2.24, 2.45) is 11.8 Å². The standard InChI is InChI=1S/C39H50FN5O8S/c1-23(2)21-52-36(49)42-29-11-9-7-5-6-8-10-25-19-39(25,35(48)44-54(50,51)37(4)16-17-37)43-33(46)31-20-38(22-45(31)34(29)47)15-14-28-27-13-12-26(40)18-30(27)41-24(3)32(28)53-38/h8,10,12-13,18,23,25,29,31H,5-7,9,11,14-17,19-22H2,1-4H3,(H,42,49)(H,43,46)(H,44,48)/b10-8-/t25-,29+,31+,38-,39-/m1/s1. The minimum Gasteiger partial charge on any atom is -0.483 e. The van der Waals surface area contributed by atoms with E-state index in [0.717, 1.165) is 23.8 Å². The van der Waals surface area contributed by atoms with Crippen molar-refractivity contribution >= 4 is 44.7 Å². The van der Waals surface area contributed by atoms with Crippen LogP contribution in [-0.4, -0.2) is 83.2 Å². The summed E-state index contributed by atoms with van der Waals surface area (Å²) in [6.07, 6.45) is 8.35. The number of carbonyl (C=O) groups excluding carboxylic acids is 4. The van der Waals surface area contributed by atoms with E-state index in [9.17, 15) is 32.0 Å². The van der Waals surface area contributed by atoms with Crippen LogP contribution in [0.1, 0.15) is 96.2 Å². The lowest BCUT2D eigenvalue weighted by Gasteiger charge is -2.36. The molecule has 5 atom stereocenters. The van der Waals surface area contributed by atoms with Crippen LogP contribution in [0.5, 0.6) is 5.75 Å². The topological polar surface area (TPSA) is 173 Å². The number of benzene rings is 1. The molecule has 2 saturated carbocycles. The zero-order valence-corrected chi connectivity index (χ0v) is 32.2. The second-order valence-electron chi connectivity index (χ2n) is 16.5. The third-order valence-corrected chi connectivity index (χ3v) is 13.9. The van der Waals surface area contributed by atoms with Crippen molar-refractivity contribution < 1.29 is 41.5 Å². The van der Waals surface area contributed by atoms with Gasteiger partial charge in [0.25, 0.3) is 5.91 Å². The summed E-state index contributed by atoms with van der Waals surface area (Å²) < 4.78 is 53.9. The molecule has 3 aliphatic heterocycles. The van der Waals surface area contributed by atoms with Gasteiger partial charge in [0, 0.05) is 29.4 Å². The number of aromatic nitrogens is 1. The molecular weight excluding hydrogens is 718 g/mol. The van der Waals surface area contributed by atoms with Crippen LogP contribution in [0.25, 0.3) is 10.9 Å². The molecular formula is C39H50FN5O8S. The lowest BCUT2D eigenvalue weighted by Crippen LogP contribution is -2.58. The molecule has 1 aromatic carbocycles. The highest BCUT2D eigenvalue weighted by Crippen LogP contribution is 2.49. The van der Waals surface area contributed by atoms with Crippen LogP contribution in [0.15, 0.2) is 30.4 Å². The van der Waals surface area contributed by atoms with Gasteiger partial charge in [-0.05, 0) is 83.3 Å². The molecule has 2 aliphatic carbocycles. The Kier molecular flexibility index (Phi) is 9.93. The summed E-state index contributed by atoms with van der Waals surface area (Å²) in [6.45, 7) is 7.35. The SMILES string of the molecule is Cc1nc2cc(F)ccc2c2c1O[C@]1(CC2)C[C@H]2C(=O)N[C@]3(C(=O)NS(=O)(=O)C4(C)CC4)C[C@H]3/C=C\CCCCC[C@H](NC(=O)OCC(C)C)C(=O)N2C1. The Morgan fingerprint density at radius 1 is 1.15 bits per heavy atom. The molecule has 292 valence electrons. The fraction of sp³-hybridized carbons (Fsp3) is 0.615. The molecule has 15 heteroatoms. The van der Waals surface area contributed by atoms with E-state index in [4.69, 9.17) is 9.47 Å². The normalized spacial score (nSPS) is 29.8. The van der Waals surface area contributed by atoms with Crippen LogP contribution in [-0.2, 0) is 35.6 Å². The predicted molar refractivity (Wildman–Crippen MR) is 197 cm³/mol. The summed E-state index contributed by atoms with van der Waals surface area (Å²) in [5.41, 5.74) is -0.634. The average Bonchev–Trinajstić information content (AvgIpc) is 4.01. The van der Waals surface area contributed by atoms with E-state index in [0.29, 0.717) is 61.9 Å². The number of sulfonamides is 1. The maximum Gasteiger partial charge on any atom is 0.407 e. The number of alkyl carbamates (subject to hydrolysis) is 1. The second kappa shape index (κ2) is 14.1. The highest BCUT2D eigenvalue weighted by Gasteiger charge is 2.64. The Balaban J connectivity index is 1.22. The first-order valence-electron chi connectivity index (χ1n) is 19.1. The molecule has 3 N–H and O–H groups in total. The predicted octanol–water partition coefficient (Wildman–Crippen LogP) is 4.49.